The van der Waals surface area contributed by atoms with E-state index < -0.39 is 0 Å². The SMILES string of the molecule is CCOc1cc(CN)cc(Br)c1OCCc1cnn(C)c1. The van der Waals surface area contributed by atoms with Crippen LogP contribution in [-0.2, 0) is 20.0 Å². The Balaban J connectivity index is 2.07. The molecule has 114 valence electrons. The molecule has 21 heavy (non-hydrogen) atoms. The minimum absolute atomic E-state index is 0.467. The lowest BCUT2D eigenvalue weighted by atomic mass is 10.2. The van der Waals surface area contributed by atoms with Crippen molar-refractivity contribution in [3.05, 3.63) is 40.1 Å². The summed E-state index contributed by atoms with van der Waals surface area (Å²) >= 11 is 3.52. The summed E-state index contributed by atoms with van der Waals surface area (Å²) in [6.07, 6.45) is 4.63. The van der Waals surface area contributed by atoms with Gasteiger partial charge in [-0.15, -0.1) is 0 Å². The number of hydrogen-bond donors (Lipinski definition) is 1. The van der Waals surface area contributed by atoms with Crippen LogP contribution in [0.4, 0.5) is 0 Å². The van der Waals surface area contributed by atoms with Crippen molar-refractivity contribution in [2.75, 3.05) is 13.2 Å². The van der Waals surface area contributed by atoms with Crippen molar-refractivity contribution in [3.8, 4) is 11.5 Å². The summed E-state index contributed by atoms with van der Waals surface area (Å²) in [6.45, 7) is 3.56. The highest BCUT2D eigenvalue weighted by atomic mass is 79.9. The molecule has 0 saturated heterocycles. The largest absolute Gasteiger partial charge is 0.490 e. The van der Waals surface area contributed by atoms with Gasteiger partial charge in [0.1, 0.15) is 0 Å². The van der Waals surface area contributed by atoms with E-state index in [1.165, 1.54) is 0 Å². The van der Waals surface area contributed by atoms with E-state index in [2.05, 4.69) is 21.0 Å². The highest BCUT2D eigenvalue weighted by Crippen LogP contribution is 2.37. The van der Waals surface area contributed by atoms with Crippen LogP contribution in [-0.4, -0.2) is 23.0 Å². The van der Waals surface area contributed by atoms with Crippen LogP contribution in [0.3, 0.4) is 0 Å². The lowest BCUT2D eigenvalue weighted by Crippen LogP contribution is -2.05. The molecule has 2 aromatic rings. The van der Waals surface area contributed by atoms with Crippen LogP contribution in [0.25, 0.3) is 0 Å². The minimum atomic E-state index is 0.467. The first-order chi connectivity index (χ1) is 10.1. The van der Waals surface area contributed by atoms with E-state index in [1.54, 1.807) is 4.68 Å². The minimum Gasteiger partial charge on any atom is -0.490 e. The fourth-order valence-electron chi connectivity index (χ4n) is 2.01. The van der Waals surface area contributed by atoms with Gasteiger partial charge in [0.05, 0.1) is 23.9 Å². The molecule has 1 heterocycles. The van der Waals surface area contributed by atoms with Crippen molar-refractivity contribution in [3.63, 3.8) is 0 Å². The number of aromatic nitrogens is 2. The highest BCUT2D eigenvalue weighted by molar-refractivity contribution is 9.10. The van der Waals surface area contributed by atoms with E-state index in [4.69, 9.17) is 15.2 Å². The molecule has 2 rings (SSSR count). The standard InChI is InChI=1S/C15H20BrN3O2/c1-3-20-14-7-12(8-17)6-13(16)15(14)21-5-4-11-9-18-19(2)10-11/h6-7,9-10H,3-5,8,17H2,1-2H3. The number of rotatable bonds is 7. The number of aryl methyl sites for hydroxylation is 1. The molecule has 0 aliphatic heterocycles. The first-order valence-electron chi connectivity index (χ1n) is 6.89. The lowest BCUT2D eigenvalue weighted by molar-refractivity contribution is 0.277. The molecule has 0 aliphatic rings. The van der Waals surface area contributed by atoms with E-state index in [1.807, 2.05) is 38.5 Å². The number of ether oxygens (including phenoxy) is 2. The third kappa shape index (κ3) is 4.22. The predicted molar refractivity (Wildman–Crippen MR) is 85.6 cm³/mol. The molecular formula is C15H20BrN3O2. The zero-order valence-electron chi connectivity index (χ0n) is 12.3. The van der Waals surface area contributed by atoms with Gasteiger partial charge in [-0.05, 0) is 46.1 Å². The van der Waals surface area contributed by atoms with E-state index in [0.29, 0.717) is 19.8 Å². The summed E-state index contributed by atoms with van der Waals surface area (Å²) in [4.78, 5) is 0. The first-order valence-corrected chi connectivity index (χ1v) is 7.69. The van der Waals surface area contributed by atoms with E-state index in [0.717, 1.165) is 33.5 Å². The molecule has 0 fully saturated rings. The lowest BCUT2D eigenvalue weighted by Gasteiger charge is -2.15. The van der Waals surface area contributed by atoms with Crippen molar-refractivity contribution in [1.29, 1.82) is 0 Å². The van der Waals surface area contributed by atoms with Gasteiger partial charge in [0.2, 0.25) is 0 Å². The Kier molecular flexibility index (Phi) is 5.64. The molecule has 0 unspecified atom stereocenters. The molecule has 0 spiro atoms. The summed E-state index contributed by atoms with van der Waals surface area (Å²) in [5.74, 6) is 1.44. The molecule has 2 N–H and O–H groups in total. The van der Waals surface area contributed by atoms with Crippen LogP contribution in [0.1, 0.15) is 18.1 Å². The number of nitrogens with zero attached hydrogens (tertiary/aromatic N) is 2. The van der Waals surface area contributed by atoms with Crippen molar-refractivity contribution in [1.82, 2.24) is 9.78 Å². The van der Waals surface area contributed by atoms with E-state index >= 15 is 0 Å². The molecule has 0 atom stereocenters. The van der Waals surface area contributed by atoms with E-state index in [9.17, 15) is 0 Å². The van der Waals surface area contributed by atoms with Gasteiger partial charge in [-0.2, -0.15) is 5.10 Å². The Labute approximate surface area is 133 Å². The van der Waals surface area contributed by atoms with Gasteiger partial charge in [-0.1, -0.05) is 0 Å². The Morgan fingerprint density at radius 3 is 2.71 bits per heavy atom. The zero-order chi connectivity index (χ0) is 15.2. The quantitative estimate of drug-likeness (QED) is 0.831. The summed E-state index contributed by atoms with van der Waals surface area (Å²) in [5, 5.41) is 4.14. The van der Waals surface area contributed by atoms with Gasteiger partial charge >= 0.3 is 0 Å². The Hall–Kier alpha value is -1.53. The molecule has 0 saturated carbocycles. The topological polar surface area (TPSA) is 62.3 Å². The van der Waals surface area contributed by atoms with Crippen molar-refractivity contribution in [2.45, 2.75) is 19.9 Å². The molecular weight excluding hydrogens is 334 g/mol. The van der Waals surface area contributed by atoms with Crippen LogP contribution in [0.15, 0.2) is 29.0 Å². The Morgan fingerprint density at radius 2 is 2.10 bits per heavy atom. The van der Waals surface area contributed by atoms with Crippen LogP contribution < -0.4 is 15.2 Å². The third-order valence-electron chi connectivity index (χ3n) is 3.00. The van der Waals surface area contributed by atoms with Gasteiger partial charge in [0.25, 0.3) is 0 Å². The van der Waals surface area contributed by atoms with Crippen molar-refractivity contribution in [2.24, 2.45) is 12.8 Å². The maximum absolute atomic E-state index is 5.88. The predicted octanol–water partition coefficient (Wildman–Crippen LogP) is 2.66. The Morgan fingerprint density at radius 1 is 1.29 bits per heavy atom. The van der Waals surface area contributed by atoms with Crippen LogP contribution in [0, 0.1) is 0 Å². The smallest absolute Gasteiger partial charge is 0.175 e. The van der Waals surface area contributed by atoms with Gasteiger partial charge < -0.3 is 15.2 Å². The fraction of sp³-hybridized carbons (Fsp3) is 0.400. The monoisotopic (exact) mass is 353 g/mol. The van der Waals surface area contributed by atoms with Gasteiger partial charge in [0, 0.05) is 26.2 Å². The molecule has 0 aliphatic carbocycles. The number of hydrogen-bond acceptors (Lipinski definition) is 4. The number of halogens is 1. The fourth-order valence-corrected chi connectivity index (χ4v) is 2.62. The highest BCUT2D eigenvalue weighted by Gasteiger charge is 2.12. The molecule has 0 amide bonds. The van der Waals surface area contributed by atoms with Crippen LogP contribution in [0.5, 0.6) is 11.5 Å². The second kappa shape index (κ2) is 7.47. The average Bonchev–Trinajstić information content (AvgIpc) is 2.87. The summed E-state index contributed by atoms with van der Waals surface area (Å²) in [5.41, 5.74) is 7.83. The zero-order valence-corrected chi connectivity index (χ0v) is 13.9. The first kappa shape index (κ1) is 15.9. The molecule has 6 heteroatoms. The van der Waals surface area contributed by atoms with E-state index in [-0.39, 0.29) is 0 Å². The molecule has 1 aromatic heterocycles. The molecule has 1 aromatic carbocycles. The third-order valence-corrected chi connectivity index (χ3v) is 3.59. The number of benzene rings is 1. The summed E-state index contributed by atoms with van der Waals surface area (Å²) in [6, 6.07) is 3.88. The van der Waals surface area contributed by atoms with Gasteiger partial charge in [-0.3, -0.25) is 4.68 Å². The summed E-state index contributed by atoms with van der Waals surface area (Å²) < 4.78 is 14.2. The maximum atomic E-state index is 5.88. The summed E-state index contributed by atoms with van der Waals surface area (Å²) in [7, 11) is 1.90. The second-order valence-electron chi connectivity index (χ2n) is 4.66. The molecule has 0 radical (unpaired) electrons. The normalized spacial score (nSPS) is 10.7. The maximum Gasteiger partial charge on any atom is 0.175 e. The second-order valence-corrected chi connectivity index (χ2v) is 5.52. The van der Waals surface area contributed by atoms with Crippen LogP contribution in [0.2, 0.25) is 0 Å². The molecule has 0 bridgehead atoms. The van der Waals surface area contributed by atoms with Crippen LogP contribution >= 0.6 is 15.9 Å². The van der Waals surface area contributed by atoms with Crippen molar-refractivity contribution >= 4 is 15.9 Å². The number of nitrogens with two attached hydrogens (primary N) is 1. The van der Waals surface area contributed by atoms with Gasteiger partial charge in [0.15, 0.2) is 11.5 Å². The Bertz CT molecular complexity index is 599. The van der Waals surface area contributed by atoms with Crippen molar-refractivity contribution < 1.29 is 9.47 Å². The average molecular weight is 354 g/mol. The molecule has 5 nitrogen and oxygen atoms in total. The van der Waals surface area contributed by atoms with Gasteiger partial charge in [-0.25, -0.2) is 0 Å².